The van der Waals surface area contributed by atoms with Crippen LogP contribution in [0.5, 0.6) is 0 Å². The maximum atomic E-state index is 10.8. The summed E-state index contributed by atoms with van der Waals surface area (Å²) in [6.07, 6.45) is 2.35. The third-order valence-corrected chi connectivity index (χ3v) is 1.96. The van der Waals surface area contributed by atoms with Gasteiger partial charge in [-0.1, -0.05) is 0 Å². The van der Waals surface area contributed by atoms with Gasteiger partial charge in [-0.2, -0.15) is 0 Å². The minimum atomic E-state index is -0.152. The van der Waals surface area contributed by atoms with Crippen molar-refractivity contribution in [2.24, 2.45) is 0 Å². The monoisotopic (exact) mass is 157 g/mol. The van der Waals surface area contributed by atoms with Gasteiger partial charge in [-0.3, -0.25) is 4.79 Å². The molecule has 1 rings (SSSR count). The Bertz CT molecular complexity index is 152. The van der Waals surface area contributed by atoms with Gasteiger partial charge in [-0.25, -0.2) is 0 Å². The van der Waals surface area contributed by atoms with Crippen LogP contribution in [0.1, 0.15) is 26.7 Å². The van der Waals surface area contributed by atoms with Crippen LogP contribution in [-0.2, 0) is 9.53 Å². The molecule has 0 saturated heterocycles. The van der Waals surface area contributed by atoms with E-state index in [4.69, 9.17) is 4.74 Å². The second-order valence-electron chi connectivity index (χ2n) is 3.22. The first-order valence-electron chi connectivity index (χ1n) is 4.07. The van der Waals surface area contributed by atoms with Crippen LogP contribution in [0.4, 0.5) is 0 Å². The molecule has 0 bridgehead atoms. The smallest absolute Gasteiger partial charge is 0.319 e. The van der Waals surface area contributed by atoms with Crippen molar-refractivity contribution >= 4 is 5.97 Å². The number of nitrogens with one attached hydrogen (secondary N) is 1. The molecule has 0 aromatic carbocycles. The second-order valence-corrected chi connectivity index (χ2v) is 3.22. The topological polar surface area (TPSA) is 38.3 Å². The van der Waals surface area contributed by atoms with Crippen LogP contribution < -0.4 is 5.32 Å². The highest BCUT2D eigenvalue weighted by Crippen LogP contribution is 2.33. The van der Waals surface area contributed by atoms with E-state index in [1.54, 1.807) is 0 Å². The van der Waals surface area contributed by atoms with Crippen molar-refractivity contribution in [2.75, 3.05) is 13.2 Å². The fourth-order valence-electron chi connectivity index (χ4n) is 0.862. The van der Waals surface area contributed by atoms with E-state index >= 15 is 0 Å². The van der Waals surface area contributed by atoms with Gasteiger partial charge in [0.15, 0.2) is 0 Å². The lowest BCUT2D eigenvalue weighted by molar-refractivity contribution is -0.142. The Labute approximate surface area is 67.1 Å². The highest BCUT2D eigenvalue weighted by molar-refractivity contribution is 5.71. The maximum absolute atomic E-state index is 10.8. The summed E-state index contributed by atoms with van der Waals surface area (Å²) in [5.41, 5.74) is 0.229. The summed E-state index contributed by atoms with van der Waals surface area (Å²) in [4.78, 5) is 10.8. The Kier molecular flexibility index (Phi) is 2.49. The van der Waals surface area contributed by atoms with Gasteiger partial charge in [-0.15, -0.1) is 0 Å². The van der Waals surface area contributed by atoms with E-state index in [9.17, 15) is 4.79 Å². The van der Waals surface area contributed by atoms with Crippen LogP contribution in [0.15, 0.2) is 0 Å². The fraction of sp³-hybridized carbons (Fsp3) is 0.875. The maximum Gasteiger partial charge on any atom is 0.319 e. The van der Waals surface area contributed by atoms with Crippen LogP contribution >= 0.6 is 0 Å². The van der Waals surface area contributed by atoms with Crippen molar-refractivity contribution in [2.45, 2.75) is 32.2 Å². The molecule has 11 heavy (non-hydrogen) atoms. The molecule has 64 valence electrons. The summed E-state index contributed by atoms with van der Waals surface area (Å²) < 4.78 is 4.76. The van der Waals surface area contributed by atoms with Gasteiger partial charge in [0, 0.05) is 5.54 Å². The van der Waals surface area contributed by atoms with E-state index < -0.39 is 0 Å². The van der Waals surface area contributed by atoms with Gasteiger partial charge in [0.05, 0.1) is 13.2 Å². The molecule has 3 nitrogen and oxygen atoms in total. The normalized spacial score (nSPS) is 19.5. The summed E-state index contributed by atoms with van der Waals surface area (Å²) in [6, 6.07) is 0. The standard InChI is InChI=1S/C8H15NO2/c1-3-11-7(10)6-9-8(2)4-5-8/h9H,3-6H2,1-2H3. The lowest BCUT2D eigenvalue weighted by atomic mass is 10.3. The Morgan fingerprint density at radius 1 is 1.64 bits per heavy atom. The van der Waals surface area contributed by atoms with Crippen molar-refractivity contribution in [3.05, 3.63) is 0 Å². The largest absolute Gasteiger partial charge is 0.465 e. The molecule has 1 saturated carbocycles. The van der Waals surface area contributed by atoms with E-state index in [0.29, 0.717) is 13.2 Å². The minimum Gasteiger partial charge on any atom is -0.465 e. The molecule has 0 aliphatic heterocycles. The van der Waals surface area contributed by atoms with Gasteiger partial charge >= 0.3 is 5.97 Å². The highest BCUT2D eigenvalue weighted by Gasteiger charge is 2.36. The molecule has 0 aromatic heterocycles. The van der Waals surface area contributed by atoms with Gasteiger partial charge in [0.25, 0.3) is 0 Å². The molecule has 0 atom stereocenters. The lowest BCUT2D eigenvalue weighted by Gasteiger charge is -2.09. The van der Waals surface area contributed by atoms with Gasteiger partial charge < -0.3 is 10.1 Å². The number of carbonyl (C=O) groups is 1. The number of ether oxygens (including phenoxy) is 1. The van der Waals surface area contributed by atoms with Crippen LogP contribution in [0.3, 0.4) is 0 Å². The average Bonchev–Trinajstić information content (AvgIpc) is 2.66. The van der Waals surface area contributed by atoms with E-state index in [0.717, 1.165) is 0 Å². The van der Waals surface area contributed by atoms with E-state index in [1.807, 2.05) is 6.92 Å². The zero-order valence-electron chi connectivity index (χ0n) is 7.14. The molecule has 0 amide bonds. The predicted octanol–water partition coefficient (Wildman–Crippen LogP) is 0.692. The zero-order valence-corrected chi connectivity index (χ0v) is 7.14. The van der Waals surface area contributed by atoms with Crippen molar-refractivity contribution in [3.8, 4) is 0 Å². The molecule has 0 aromatic rings. The average molecular weight is 157 g/mol. The van der Waals surface area contributed by atoms with Gasteiger partial charge in [0.1, 0.15) is 0 Å². The van der Waals surface area contributed by atoms with Crippen LogP contribution in [0.25, 0.3) is 0 Å². The van der Waals surface area contributed by atoms with Gasteiger partial charge in [-0.05, 0) is 26.7 Å². The number of hydrogen-bond donors (Lipinski definition) is 1. The third-order valence-electron chi connectivity index (χ3n) is 1.96. The fourth-order valence-corrected chi connectivity index (χ4v) is 0.862. The predicted molar refractivity (Wildman–Crippen MR) is 42.3 cm³/mol. The summed E-state index contributed by atoms with van der Waals surface area (Å²) in [5.74, 6) is -0.152. The van der Waals surface area contributed by atoms with Crippen molar-refractivity contribution < 1.29 is 9.53 Å². The molecule has 0 heterocycles. The first-order chi connectivity index (χ1) is 5.16. The first kappa shape index (κ1) is 8.53. The van der Waals surface area contributed by atoms with Crippen LogP contribution in [-0.4, -0.2) is 24.7 Å². The number of carbonyl (C=O) groups excluding carboxylic acids is 1. The minimum absolute atomic E-state index is 0.152. The molecule has 1 aliphatic rings. The summed E-state index contributed by atoms with van der Waals surface area (Å²) in [6.45, 7) is 4.75. The second kappa shape index (κ2) is 3.22. The molecule has 1 aliphatic carbocycles. The van der Waals surface area contributed by atoms with Crippen molar-refractivity contribution in [1.82, 2.24) is 5.32 Å². The number of hydrogen-bond acceptors (Lipinski definition) is 3. The number of rotatable bonds is 4. The Morgan fingerprint density at radius 3 is 2.73 bits per heavy atom. The molecule has 1 fully saturated rings. The summed E-state index contributed by atoms with van der Waals surface area (Å²) >= 11 is 0. The third kappa shape index (κ3) is 2.89. The molecular weight excluding hydrogens is 142 g/mol. The SMILES string of the molecule is CCOC(=O)CNC1(C)CC1. The van der Waals surface area contributed by atoms with Crippen molar-refractivity contribution in [3.63, 3.8) is 0 Å². The summed E-state index contributed by atoms with van der Waals surface area (Å²) in [5, 5.41) is 3.14. The quantitative estimate of drug-likeness (QED) is 0.610. The van der Waals surface area contributed by atoms with E-state index in [1.165, 1.54) is 12.8 Å². The summed E-state index contributed by atoms with van der Waals surface area (Å²) in [7, 11) is 0. The molecular formula is C8H15NO2. The molecule has 0 radical (unpaired) electrons. The number of esters is 1. The van der Waals surface area contributed by atoms with Crippen LogP contribution in [0, 0.1) is 0 Å². The molecule has 0 spiro atoms. The Hall–Kier alpha value is -0.570. The van der Waals surface area contributed by atoms with Crippen molar-refractivity contribution in [1.29, 1.82) is 0 Å². The first-order valence-corrected chi connectivity index (χ1v) is 4.07. The molecule has 3 heteroatoms. The van der Waals surface area contributed by atoms with Crippen LogP contribution in [0.2, 0.25) is 0 Å². The molecule has 0 unspecified atom stereocenters. The van der Waals surface area contributed by atoms with Gasteiger partial charge in [0.2, 0.25) is 0 Å². The highest BCUT2D eigenvalue weighted by atomic mass is 16.5. The Balaban J connectivity index is 2.06. The molecule has 1 N–H and O–H groups in total. The van der Waals surface area contributed by atoms with E-state index in [2.05, 4.69) is 12.2 Å². The van der Waals surface area contributed by atoms with E-state index in [-0.39, 0.29) is 11.5 Å². The Morgan fingerprint density at radius 2 is 2.27 bits per heavy atom. The zero-order chi connectivity index (χ0) is 8.32. The lowest BCUT2D eigenvalue weighted by Crippen LogP contribution is -2.33.